The lowest BCUT2D eigenvalue weighted by molar-refractivity contribution is -0.0417. The van der Waals surface area contributed by atoms with E-state index in [-0.39, 0.29) is 0 Å². The Morgan fingerprint density at radius 1 is 1.11 bits per heavy atom. The smallest absolute Gasteiger partial charge is 0.0774 e. The van der Waals surface area contributed by atoms with Crippen LogP contribution in [0.2, 0.25) is 0 Å². The maximum absolute atomic E-state index is 10.6. The van der Waals surface area contributed by atoms with Crippen LogP contribution in [-0.2, 0) is 9.47 Å². The standard InChI is InChI=1S/C14H29NO3/c1-13-4-6-14(16,7-5-13)12-15(8-10-17-2)9-11-18-3/h13,16H,4-12H2,1-3H3. The lowest BCUT2D eigenvalue weighted by atomic mass is 9.79. The highest BCUT2D eigenvalue weighted by Crippen LogP contribution is 2.32. The highest BCUT2D eigenvalue weighted by molar-refractivity contribution is 4.87. The van der Waals surface area contributed by atoms with Crippen molar-refractivity contribution in [2.75, 3.05) is 47.1 Å². The number of rotatable bonds is 8. The largest absolute Gasteiger partial charge is 0.389 e. The Hall–Kier alpha value is -0.160. The topological polar surface area (TPSA) is 41.9 Å². The molecule has 1 aliphatic rings. The number of hydrogen-bond acceptors (Lipinski definition) is 4. The van der Waals surface area contributed by atoms with Gasteiger partial charge in [0.05, 0.1) is 18.8 Å². The van der Waals surface area contributed by atoms with Crippen molar-refractivity contribution in [3.05, 3.63) is 0 Å². The maximum atomic E-state index is 10.6. The minimum absolute atomic E-state index is 0.506. The molecule has 0 atom stereocenters. The zero-order valence-electron chi connectivity index (χ0n) is 12.2. The molecule has 1 rings (SSSR count). The SMILES string of the molecule is COCCN(CCOC)CC1(O)CCC(C)CC1. The van der Waals surface area contributed by atoms with Crippen molar-refractivity contribution in [3.8, 4) is 0 Å². The van der Waals surface area contributed by atoms with E-state index in [4.69, 9.17) is 9.47 Å². The summed E-state index contributed by atoms with van der Waals surface area (Å²) < 4.78 is 10.3. The summed E-state index contributed by atoms with van der Waals surface area (Å²) in [5.41, 5.74) is -0.506. The van der Waals surface area contributed by atoms with Crippen LogP contribution < -0.4 is 0 Å². The average molecular weight is 259 g/mol. The van der Waals surface area contributed by atoms with Crippen molar-refractivity contribution >= 4 is 0 Å². The Kier molecular flexibility index (Phi) is 7.15. The summed E-state index contributed by atoms with van der Waals surface area (Å²) >= 11 is 0. The van der Waals surface area contributed by atoms with E-state index in [1.54, 1.807) is 14.2 Å². The van der Waals surface area contributed by atoms with Crippen LogP contribution in [0.3, 0.4) is 0 Å². The molecule has 0 heterocycles. The van der Waals surface area contributed by atoms with Crippen molar-refractivity contribution in [2.45, 2.75) is 38.2 Å². The number of methoxy groups -OCH3 is 2. The fraction of sp³-hybridized carbons (Fsp3) is 1.00. The van der Waals surface area contributed by atoms with Crippen molar-refractivity contribution in [3.63, 3.8) is 0 Å². The molecule has 0 saturated heterocycles. The highest BCUT2D eigenvalue weighted by atomic mass is 16.5. The molecule has 0 bridgehead atoms. The van der Waals surface area contributed by atoms with Gasteiger partial charge < -0.3 is 14.6 Å². The predicted molar refractivity (Wildman–Crippen MR) is 72.8 cm³/mol. The van der Waals surface area contributed by atoms with E-state index in [1.165, 1.54) is 0 Å². The van der Waals surface area contributed by atoms with Crippen molar-refractivity contribution in [1.82, 2.24) is 4.90 Å². The third-order valence-electron chi connectivity index (χ3n) is 3.95. The van der Waals surface area contributed by atoms with Gasteiger partial charge in [-0.15, -0.1) is 0 Å². The summed E-state index contributed by atoms with van der Waals surface area (Å²) in [6.07, 6.45) is 4.12. The highest BCUT2D eigenvalue weighted by Gasteiger charge is 2.33. The second kappa shape index (κ2) is 8.10. The first-order valence-corrected chi connectivity index (χ1v) is 7.02. The normalized spacial score (nSPS) is 28.8. The molecule has 18 heavy (non-hydrogen) atoms. The van der Waals surface area contributed by atoms with Crippen LogP contribution in [0.1, 0.15) is 32.6 Å². The van der Waals surface area contributed by atoms with Crippen LogP contribution in [0.15, 0.2) is 0 Å². The van der Waals surface area contributed by atoms with Crippen molar-refractivity contribution in [1.29, 1.82) is 0 Å². The van der Waals surface area contributed by atoms with E-state index in [0.29, 0.717) is 13.2 Å². The Bertz CT molecular complexity index is 207. The summed E-state index contributed by atoms with van der Waals surface area (Å²) in [6, 6.07) is 0. The van der Waals surface area contributed by atoms with Gasteiger partial charge in [-0.2, -0.15) is 0 Å². The van der Waals surface area contributed by atoms with Gasteiger partial charge >= 0.3 is 0 Å². The van der Waals surface area contributed by atoms with Gasteiger partial charge in [-0.3, -0.25) is 4.90 Å². The molecule has 1 aliphatic carbocycles. The zero-order valence-corrected chi connectivity index (χ0v) is 12.2. The Balaban J connectivity index is 2.41. The number of nitrogens with zero attached hydrogens (tertiary/aromatic N) is 1. The third-order valence-corrected chi connectivity index (χ3v) is 3.95. The van der Waals surface area contributed by atoms with Gasteiger partial charge in [0, 0.05) is 33.9 Å². The molecule has 0 aromatic rings. The lowest BCUT2D eigenvalue weighted by Crippen LogP contribution is -2.47. The van der Waals surface area contributed by atoms with Gasteiger partial charge in [-0.1, -0.05) is 6.92 Å². The predicted octanol–water partition coefficient (Wildman–Crippen LogP) is 1.52. The van der Waals surface area contributed by atoms with E-state index in [1.807, 2.05) is 0 Å². The van der Waals surface area contributed by atoms with Crippen molar-refractivity contribution < 1.29 is 14.6 Å². The van der Waals surface area contributed by atoms with Gasteiger partial charge in [-0.25, -0.2) is 0 Å². The van der Waals surface area contributed by atoms with E-state index < -0.39 is 5.60 Å². The summed E-state index contributed by atoms with van der Waals surface area (Å²) in [5.74, 6) is 0.761. The molecular formula is C14H29NO3. The number of aliphatic hydroxyl groups is 1. The van der Waals surface area contributed by atoms with Gasteiger partial charge in [0.15, 0.2) is 0 Å². The van der Waals surface area contributed by atoms with Crippen LogP contribution in [-0.4, -0.2) is 62.7 Å². The molecule has 0 unspecified atom stereocenters. The molecule has 0 spiro atoms. The molecule has 0 aromatic heterocycles. The maximum Gasteiger partial charge on any atom is 0.0774 e. The fourth-order valence-electron chi connectivity index (χ4n) is 2.58. The number of hydrogen-bond donors (Lipinski definition) is 1. The second-order valence-corrected chi connectivity index (χ2v) is 5.67. The summed E-state index contributed by atoms with van der Waals surface area (Å²) in [6.45, 7) is 6.14. The third kappa shape index (κ3) is 5.65. The molecule has 0 radical (unpaired) electrons. The molecule has 4 heteroatoms. The Labute approximate surface area is 111 Å². The minimum Gasteiger partial charge on any atom is -0.389 e. The van der Waals surface area contributed by atoms with Crippen LogP contribution >= 0.6 is 0 Å². The second-order valence-electron chi connectivity index (χ2n) is 5.67. The first-order valence-electron chi connectivity index (χ1n) is 7.02. The molecule has 1 fully saturated rings. The van der Waals surface area contributed by atoms with Gasteiger partial charge in [-0.05, 0) is 31.6 Å². The van der Waals surface area contributed by atoms with Crippen LogP contribution in [0.5, 0.6) is 0 Å². The van der Waals surface area contributed by atoms with Crippen LogP contribution in [0.25, 0.3) is 0 Å². The molecule has 1 N–H and O–H groups in total. The molecule has 0 amide bonds. The Morgan fingerprint density at radius 3 is 2.06 bits per heavy atom. The monoisotopic (exact) mass is 259 g/mol. The lowest BCUT2D eigenvalue weighted by Gasteiger charge is -2.38. The molecule has 108 valence electrons. The van der Waals surface area contributed by atoms with Crippen molar-refractivity contribution in [2.24, 2.45) is 5.92 Å². The molecular weight excluding hydrogens is 230 g/mol. The molecule has 0 aromatic carbocycles. The molecule has 0 aliphatic heterocycles. The summed E-state index contributed by atoms with van der Waals surface area (Å²) in [5, 5.41) is 10.6. The van der Waals surface area contributed by atoms with Gasteiger partial charge in [0.25, 0.3) is 0 Å². The quantitative estimate of drug-likeness (QED) is 0.718. The van der Waals surface area contributed by atoms with Gasteiger partial charge in [0.1, 0.15) is 0 Å². The van der Waals surface area contributed by atoms with Gasteiger partial charge in [0.2, 0.25) is 0 Å². The van der Waals surface area contributed by atoms with E-state index >= 15 is 0 Å². The van der Waals surface area contributed by atoms with E-state index in [2.05, 4.69) is 11.8 Å². The van der Waals surface area contributed by atoms with Crippen LogP contribution in [0.4, 0.5) is 0 Å². The van der Waals surface area contributed by atoms with E-state index in [0.717, 1.165) is 51.2 Å². The molecule has 1 saturated carbocycles. The fourth-order valence-corrected chi connectivity index (χ4v) is 2.58. The number of ether oxygens (including phenoxy) is 2. The summed E-state index contributed by atoms with van der Waals surface area (Å²) in [4.78, 5) is 2.25. The first kappa shape index (κ1) is 15.9. The summed E-state index contributed by atoms with van der Waals surface area (Å²) in [7, 11) is 3.43. The average Bonchev–Trinajstić information content (AvgIpc) is 2.37. The molecule has 4 nitrogen and oxygen atoms in total. The Morgan fingerprint density at radius 2 is 1.61 bits per heavy atom. The van der Waals surface area contributed by atoms with Crippen LogP contribution in [0, 0.1) is 5.92 Å². The van der Waals surface area contributed by atoms with E-state index in [9.17, 15) is 5.11 Å². The minimum atomic E-state index is -0.506. The zero-order chi connectivity index (χ0) is 13.4. The first-order chi connectivity index (χ1) is 8.59.